The van der Waals surface area contributed by atoms with Crippen LogP contribution in [0.4, 0.5) is 5.69 Å². The largest absolute Gasteiger partial charge is 0.490 e. The van der Waals surface area contributed by atoms with Crippen LogP contribution in [0.15, 0.2) is 18.2 Å². The average Bonchev–Trinajstić information content (AvgIpc) is 3.46. The molecule has 0 spiro atoms. The highest BCUT2D eigenvalue weighted by Gasteiger charge is 2.47. The number of ether oxygens (including phenoxy) is 3. The molecule has 6 nitrogen and oxygen atoms in total. The lowest BCUT2D eigenvalue weighted by atomic mass is 9.99. The molecule has 0 heterocycles. The van der Waals surface area contributed by atoms with E-state index in [0.717, 1.165) is 19.3 Å². The van der Waals surface area contributed by atoms with Gasteiger partial charge in [0, 0.05) is 12.8 Å². The molecule has 0 aromatic heterocycles. The number of methoxy groups -OCH3 is 2. The number of hydrogen-bond acceptors (Lipinski definition) is 5. The first-order valence-electron chi connectivity index (χ1n) is 8.61. The van der Waals surface area contributed by atoms with Crippen LogP contribution >= 0.6 is 0 Å². The van der Waals surface area contributed by atoms with E-state index < -0.39 is 11.6 Å². The van der Waals surface area contributed by atoms with Gasteiger partial charge in [0.25, 0.3) is 5.91 Å². The predicted molar refractivity (Wildman–Crippen MR) is 94.9 cm³/mol. The quantitative estimate of drug-likeness (QED) is 0.728. The van der Waals surface area contributed by atoms with Gasteiger partial charge in [0.05, 0.1) is 13.2 Å². The molecule has 0 unspecified atom stereocenters. The normalized spacial score (nSPS) is 17.3. The fourth-order valence-electron chi connectivity index (χ4n) is 2.61. The van der Waals surface area contributed by atoms with Crippen molar-refractivity contribution in [2.75, 3.05) is 19.5 Å². The van der Waals surface area contributed by atoms with Crippen molar-refractivity contribution < 1.29 is 23.8 Å². The molecule has 1 fully saturated rings. The molecule has 6 heteroatoms. The van der Waals surface area contributed by atoms with Crippen molar-refractivity contribution in [3.05, 3.63) is 23.8 Å². The van der Waals surface area contributed by atoms with Crippen LogP contribution in [-0.4, -0.2) is 37.8 Å². The minimum atomic E-state index is -0.864. The summed E-state index contributed by atoms with van der Waals surface area (Å²) >= 11 is 0. The molecule has 1 aliphatic carbocycles. The second-order valence-corrected chi connectivity index (χ2v) is 6.58. The summed E-state index contributed by atoms with van der Waals surface area (Å²) in [4.78, 5) is 24.7. The van der Waals surface area contributed by atoms with Crippen molar-refractivity contribution in [2.24, 2.45) is 5.92 Å². The van der Waals surface area contributed by atoms with E-state index in [-0.39, 0.29) is 23.5 Å². The zero-order valence-electron chi connectivity index (χ0n) is 15.5. The van der Waals surface area contributed by atoms with E-state index in [1.54, 1.807) is 32.2 Å². The van der Waals surface area contributed by atoms with Crippen LogP contribution in [0.2, 0.25) is 0 Å². The zero-order valence-corrected chi connectivity index (χ0v) is 15.5. The number of carbonyl (C=O) groups excluding carboxylic acids is 2. The van der Waals surface area contributed by atoms with E-state index in [2.05, 4.69) is 5.32 Å². The van der Waals surface area contributed by atoms with E-state index in [0.29, 0.717) is 11.4 Å². The number of rotatable bonds is 8. The van der Waals surface area contributed by atoms with Crippen molar-refractivity contribution in [3.63, 3.8) is 0 Å². The molecule has 1 aliphatic rings. The number of esters is 1. The summed E-state index contributed by atoms with van der Waals surface area (Å²) in [6, 6.07) is 4.96. The fourth-order valence-corrected chi connectivity index (χ4v) is 2.61. The van der Waals surface area contributed by atoms with Crippen molar-refractivity contribution in [1.82, 2.24) is 0 Å². The second kappa shape index (κ2) is 7.87. The van der Waals surface area contributed by atoms with E-state index in [1.165, 1.54) is 7.11 Å². The Kier molecular flexibility index (Phi) is 6.06. The molecule has 0 bridgehead atoms. The van der Waals surface area contributed by atoms with Crippen LogP contribution in [-0.2, 0) is 14.3 Å². The Morgan fingerprint density at radius 2 is 2.00 bits per heavy atom. The third-order valence-electron chi connectivity index (χ3n) is 4.78. The van der Waals surface area contributed by atoms with E-state index in [4.69, 9.17) is 14.2 Å². The lowest BCUT2D eigenvalue weighted by Crippen LogP contribution is -2.44. The van der Waals surface area contributed by atoms with Gasteiger partial charge in [-0.15, -0.1) is 0 Å². The minimum Gasteiger partial charge on any atom is -0.490 e. The summed E-state index contributed by atoms with van der Waals surface area (Å²) in [5.74, 6) is -0.0588. The first kappa shape index (κ1) is 19.2. The highest BCUT2D eigenvalue weighted by atomic mass is 16.5. The molecule has 1 amide bonds. The average molecular weight is 349 g/mol. The van der Waals surface area contributed by atoms with Gasteiger partial charge in [0.15, 0.2) is 0 Å². The third kappa shape index (κ3) is 4.31. The van der Waals surface area contributed by atoms with Gasteiger partial charge in [-0.3, -0.25) is 4.79 Å². The van der Waals surface area contributed by atoms with Crippen LogP contribution in [0, 0.1) is 5.92 Å². The van der Waals surface area contributed by atoms with E-state index in [1.807, 2.05) is 13.8 Å². The second-order valence-electron chi connectivity index (χ2n) is 6.58. The van der Waals surface area contributed by atoms with Crippen LogP contribution < -0.4 is 10.1 Å². The number of amides is 1. The Labute approximate surface area is 148 Å². The van der Waals surface area contributed by atoms with Gasteiger partial charge in [-0.2, -0.15) is 0 Å². The van der Waals surface area contributed by atoms with Gasteiger partial charge >= 0.3 is 5.97 Å². The summed E-state index contributed by atoms with van der Waals surface area (Å²) in [5, 5.41) is 2.84. The number of hydrogen-bond donors (Lipinski definition) is 1. The van der Waals surface area contributed by atoms with Crippen molar-refractivity contribution in [1.29, 1.82) is 0 Å². The predicted octanol–water partition coefficient (Wildman–Crippen LogP) is 3.40. The molecule has 0 aliphatic heterocycles. The number of carbonyl (C=O) groups is 2. The van der Waals surface area contributed by atoms with Gasteiger partial charge in [-0.05, 0) is 57.2 Å². The Hall–Kier alpha value is -2.08. The maximum atomic E-state index is 12.6. The Bertz CT molecular complexity index is 641. The first-order valence-corrected chi connectivity index (χ1v) is 8.61. The molecule has 138 valence electrons. The van der Waals surface area contributed by atoms with Crippen LogP contribution in [0.3, 0.4) is 0 Å². The molecule has 25 heavy (non-hydrogen) atoms. The van der Waals surface area contributed by atoms with Crippen molar-refractivity contribution in [2.45, 2.75) is 51.7 Å². The van der Waals surface area contributed by atoms with Crippen molar-refractivity contribution >= 4 is 17.6 Å². The lowest BCUT2D eigenvalue weighted by Gasteiger charge is -2.27. The van der Waals surface area contributed by atoms with E-state index >= 15 is 0 Å². The number of anilines is 1. The molecule has 1 saturated carbocycles. The Morgan fingerprint density at radius 3 is 2.52 bits per heavy atom. The Balaban J connectivity index is 2.24. The first-order chi connectivity index (χ1) is 11.8. The zero-order chi connectivity index (χ0) is 18.6. The van der Waals surface area contributed by atoms with Gasteiger partial charge < -0.3 is 19.5 Å². The SMILES string of the molecule is CC[C@H](C)Oc1ccc(NC(=O)[C@@](C)(OC)C2CC2)cc1C(=O)OC. The van der Waals surface area contributed by atoms with Crippen molar-refractivity contribution in [3.8, 4) is 5.75 Å². The highest BCUT2D eigenvalue weighted by Crippen LogP contribution is 2.42. The molecule has 2 atom stereocenters. The molecular formula is C19H27NO5. The van der Waals surface area contributed by atoms with Crippen LogP contribution in [0.25, 0.3) is 0 Å². The summed E-state index contributed by atoms with van der Waals surface area (Å²) in [5.41, 5.74) is -0.0749. The van der Waals surface area contributed by atoms with Crippen LogP contribution in [0.5, 0.6) is 5.75 Å². The lowest BCUT2D eigenvalue weighted by molar-refractivity contribution is -0.138. The minimum absolute atomic E-state index is 0.0319. The highest BCUT2D eigenvalue weighted by molar-refractivity contribution is 5.99. The summed E-state index contributed by atoms with van der Waals surface area (Å²) in [6.45, 7) is 5.72. The molecule has 2 rings (SSSR count). The smallest absolute Gasteiger partial charge is 0.341 e. The molecular weight excluding hydrogens is 322 g/mol. The van der Waals surface area contributed by atoms with Crippen LogP contribution in [0.1, 0.15) is 50.4 Å². The number of nitrogens with one attached hydrogen (secondary N) is 1. The number of benzene rings is 1. The summed E-state index contributed by atoms with van der Waals surface area (Å²) < 4.78 is 16.1. The van der Waals surface area contributed by atoms with Gasteiger partial charge in [0.1, 0.15) is 16.9 Å². The maximum absolute atomic E-state index is 12.6. The molecule has 1 aromatic carbocycles. The topological polar surface area (TPSA) is 73.9 Å². The third-order valence-corrected chi connectivity index (χ3v) is 4.78. The van der Waals surface area contributed by atoms with Gasteiger partial charge in [-0.1, -0.05) is 6.92 Å². The van der Waals surface area contributed by atoms with Gasteiger partial charge in [0.2, 0.25) is 0 Å². The standard InChI is InChI=1S/C19H27NO5/c1-6-12(2)25-16-10-9-14(11-15(16)17(21)23-4)20-18(22)19(3,24-5)13-7-8-13/h9-13H,6-8H2,1-5H3,(H,20,22)/t12-,19-/m0/s1. The van der Waals surface area contributed by atoms with Gasteiger partial charge in [-0.25, -0.2) is 4.79 Å². The Morgan fingerprint density at radius 1 is 1.32 bits per heavy atom. The summed E-state index contributed by atoms with van der Waals surface area (Å²) in [6.07, 6.45) is 2.74. The summed E-state index contributed by atoms with van der Waals surface area (Å²) in [7, 11) is 2.86. The molecule has 0 saturated heterocycles. The van der Waals surface area contributed by atoms with E-state index in [9.17, 15) is 9.59 Å². The molecule has 1 N–H and O–H groups in total. The fraction of sp³-hybridized carbons (Fsp3) is 0.579. The maximum Gasteiger partial charge on any atom is 0.341 e. The molecule has 1 aromatic rings. The monoisotopic (exact) mass is 349 g/mol. The molecule has 0 radical (unpaired) electrons.